The molecule has 0 aliphatic heterocycles. The first-order valence-electron chi connectivity index (χ1n) is 4.63. The lowest BCUT2D eigenvalue weighted by Gasteiger charge is -2.02. The van der Waals surface area contributed by atoms with Gasteiger partial charge >= 0.3 is 0 Å². The van der Waals surface area contributed by atoms with Gasteiger partial charge in [-0.2, -0.15) is 0 Å². The summed E-state index contributed by atoms with van der Waals surface area (Å²) in [6.45, 7) is 3.32. The molecule has 0 aromatic rings. The van der Waals surface area contributed by atoms with Crippen LogP contribution in [0.2, 0.25) is 0 Å². The molecule has 1 saturated carbocycles. The zero-order valence-corrected chi connectivity index (χ0v) is 7.44. The minimum Gasteiger partial charge on any atom is -0.385 e. The van der Waals surface area contributed by atoms with Crippen molar-refractivity contribution in [2.45, 2.75) is 25.7 Å². The van der Waals surface area contributed by atoms with Gasteiger partial charge in [0.15, 0.2) is 0 Å². The molecule has 1 aliphatic rings. The normalized spacial score (nSPS) is 17.2. The van der Waals surface area contributed by atoms with E-state index in [0.29, 0.717) is 0 Å². The Morgan fingerprint density at radius 1 is 1.36 bits per heavy atom. The van der Waals surface area contributed by atoms with E-state index in [9.17, 15) is 0 Å². The average molecular weight is 157 g/mol. The predicted molar refractivity (Wildman–Crippen MR) is 46.7 cm³/mol. The number of hydrogen-bond donors (Lipinski definition) is 1. The van der Waals surface area contributed by atoms with E-state index in [1.807, 2.05) is 0 Å². The minimum atomic E-state index is 0.908. The third-order valence-electron chi connectivity index (χ3n) is 2.08. The Hall–Kier alpha value is -0.0800. The third kappa shape index (κ3) is 5.22. The van der Waals surface area contributed by atoms with E-state index in [1.165, 1.54) is 38.8 Å². The Kier molecular flexibility index (Phi) is 4.55. The molecular formula is C9H19NO. The molecule has 0 saturated heterocycles. The topological polar surface area (TPSA) is 21.3 Å². The monoisotopic (exact) mass is 157 g/mol. The van der Waals surface area contributed by atoms with Gasteiger partial charge in [-0.15, -0.1) is 0 Å². The largest absolute Gasteiger partial charge is 0.385 e. The Bertz CT molecular complexity index is 91.6. The Morgan fingerprint density at radius 3 is 2.82 bits per heavy atom. The Balaban J connectivity index is 1.66. The zero-order chi connectivity index (χ0) is 7.94. The molecular weight excluding hydrogens is 138 g/mol. The van der Waals surface area contributed by atoms with E-state index in [1.54, 1.807) is 7.11 Å². The van der Waals surface area contributed by atoms with Crippen LogP contribution in [-0.4, -0.2) is 26.8 Å². The van der Waals surface area contributed by atoms with Gasteiger partial charge in [0.1, 0.15) is 0 Å². The van der Waals surface area contributed by atoms with Gasteiger partial charge in [-0.25, -0.2) is 0 Å². The van der Waals surface area contributed by atoms with Gasteiger partial charge in [0.2, 0.25) is 0 Å². The molecule has 2 nitrogen and oxygen atoms in total. The Morgan fingerprint density at radius 2 is 2.18 bits per heavy atom. The van der Waals surface area contributed by atoms with Crippen LogP contribution in [0.4, 0.5) is 0 Å². The Labute approximate surface area is 69.3 Å². The van der Waals surface area contributed by atoms with Crippen LogP contribution in [0.25, 0.3) is 0 Å². The number of hydrogen-bond acceptors (Lipinski definition) is 2. The molecule has 0 bridgehead atoms. The van der Waals surface area contributed by atoms with Crippen LogP contribution in [0.15, 0.2) is 0 Å². The van der Waals surface area contributed by atoms with Crippen LogP contribution in [0.1, 0.15) is 25.7 Å². The number of unbranched alkanes of at least 4 members (excludes halogenated alkanes) is 1. The maximum Gasteiger partial charge on any atom is 0.0462 e. The lowest BCUT2D eigenvalue weighted by molar-refractivity contribution is 0.192. The first-order valence-corrected chi connectivity index (χ1v) is 4.63. The van der Waals surface area contributed by atoms with Crippen molar-refractivity contribution in [3.05, 3.63) is 0 Å². The van der Waals surface area contributed by atoms with Gasteiger partial charge in [0.05, 0.1) is 0 Å². The number of methoxy groups -OCH3 is 1. The summed E-state index contributed by atoms with van der Waals surface area (Å²) in [5.41, 5.74) is 0. The van der Waals surface area contributed by atoms with Crippen molar-refractivity contribution >= 4 is 0 Å². The molecule has 11 heavy (non-hydrogen) atoms. The van der Waals surface area contributed by atoms with Crippen LogP contribution >= 0.6 is 0 Å². The van der Waals surface area contributed by atoms with Crippen molar-refractivity contribution in [3.8, 4) is 0 Å². The van der Waals surface area contributed by atoms with Crippen molar-refractivity contribution in [3.63, 3.8) is 0 Å². The van der Waals surface area contributed by atoms with E-state index in [2.05, 4.69) is 5.32 Å². The standard InChI is InChI=1S/C9H19NO/c1-11-7-3-2-6-10-8-9-4-5-9/h9-10H,2-8H2,1H3. The van der Waals surface area contributed by atoms with Crippen molar-refractivity contribution in [2.24, 2.45) is 5.92 Å². The van der Waals surface area contributed by atoms with Crippen molar-refractivity contribution in [1.29, 1.82) is 0 Å². The molecule has 1 rings (SSSR count). The first kappa shape index (κ1) is 9.01. The van der Waals surface area contributed by atoms with Gasteiger partial charge in [0, 0.05) is 13.7 Å². The van der Waals surface area contributed by atoms with Gasteiger partial charge < -0.3 is 10.1 Å². The highest BCUT2D eigenvalue weighted by Gasteiger charge is 2.19. The summed E-state index contributed by atoms with van der Waals surface area (Å²) in [7, 11) is 1.76. The summed E-state index contributed by atoms with van der Waals surface area (Å²) < 4.78 is 4.95. The molecule has 1 aliphatic carbocycles. The van der Waals surface area contributed by atoms with Crippen molar-refractivity contribution < 1.29 is 4.74 Å². The molecule has 0 amide bonds. The first-order chi connectivity index (χ1) is 5.43. The second-order valence-electron chi connectivity index (χ2n) is 3.35. The summed E-state index contributed by atoms with van der Waals surface area (Å²) in [4.78, 5) is 0. The fourth-order valence-electron chi connectivity index (χ4n) is 1.12. The molecule has 2 heteroatoms. The second kappa shape index (κ2) is 5.56. The van der Waals surface area contributed by atoms with E-state index in [-0.39, 0.29) is 0 Å². The molecule has 0 aromatic heterocycles. The zero-order valence-electron chi connectivity index (χ0n) is 7.44. The summed E-state index contributed by atoms with van der Waals surface area (Å²) in [5.74, 6) is 1.01. The van der Waals surface area contributed by atoms with Crippen molar-refractivity contribution in [2.75, 3.05) is 26.8 Å². The van der Waals surface area contributed by atoms with Gasteiger partial charge in [-0.05, 0) is 44.7 Å². The summed E-state index contributed by atoms with van der Waals surface area (Å²) in [5, 5.41) is 3.45. The maximum absolute atomic E-state index is 4.95. The van der Waals surface area contributed by atoms with Crippen LogP contribution in [0.3, 0.4) is 0 Å². The number of ether oxygens (including phenoxy) is 1. The third-order valence-corrected chi connectivity index (χ3v) is 2.08. The smallest absolute Gasteiger partial charge is 0.0462 e. The molecule has 0 unspecified atom stereocenters. The summed E-state index contributed by atoms with van der Waals surface area (Å²) in [6, 6.07) is 0. The quantitative estimate of drug-likeness (QED) is 0.564. The predicted octanol–water partition coefficient (Wildman–Crippen LogP) is 1.41. The van der Waals surface area contributed by atoms with Gasteiger partial charge in [0.25, 0.3) is 0 Å². The van der Waals surface area contributed by atoms with Gasteiger partial charge in [-0.1, -0.05) is 0 Å². The van der Waals surface area contributed by atoms with Crippen LogP contribution in [-0.2, 0) is 4.74 Å². The van der Waals surface area contributed by atoms with E-state index < -0.39 is 0 Å². The van der Waals surface area contributed by atoms with Crippen LogP contribution in [0.5, 0.6) is 0 Å². The highest BCUT2D eigenvalue weighted by atomic mass is 16.5. The lowest BCUT2D eigenvalue weighted by Crippen LogP contribution is -2.18. The molecule has 1 N–H and O–H groups in total. The van der Waals surface area contributed by atoms with Crippen LogP contribution in [0, 0.1) is 5.92 Å². The second-order valence-corrected chi connectivity index (χ2v) is 3.35. The lowest BCUT2D eigenvalue weighted by atomic mass is 10.3. The van der Waals surface area contributed by atoms with Gasteiger partial charge in [-0.3, -0.25) is 0 Å². The molecule has 66 valence electrons. The highest BCUT2D eigenvalue weighted by Crippen LogP contribution is 2.27. The summed E-state index contributed by atoms with van der Waals surface area (Å²) >= 11 is 0. The number of nitrogens with one attached hydrogen (secondary N) is 1. The highest BCUT2D eigenvalue weighted by molar-refractivity contribution is 4.74. The SMILES string of the molecule is COCCCCNCC1CC1. The fraction of sp³-hybridized carbons (Fsp3) is 1.00. The summed E-state index contributed by atoms with van der Waals surface area (Å²) in [6.07, 6.45) is 5.34. The fourth-order valence-corrected chi connectivity index (χ4v) is 1.12. The number of rotatable bonds is 7. The molecule has 0 heterocycles. The van der Waals surface area contributed by atoms with E-state index in [0.717, 1.165) is 12.5 Å². The van der Waals surface area contributed by atoms with E-state index >= 15 is 0 Å². The van der Waals surface area contributed by atoms with Crippen LogP contribution < -0.4 is 5.32 Å². The van der Waals surface area contributed by atoms with Crippen molar-refractivity contribution in [1.82, 2.24) is 5.32 Å². The maximum atomic E-state index is 4.95. The molecule has 0 radical (unpaired) electrons. The molecule has 0 spiro atoms. The average Bonchev–Trinajstić information content (AvgIpc) is 2.80. The molecule has 1 fully saturated rings. The minimum absolute atomic E-state index is 0.908. The molecule has 0 atom stereocenters. The van der Waals surface area contributed by atoms with E-state index in [4.69, 9.17) is 4.74 Å². The molecule has 0 aromatic carbocycles.